The van der Waals surface area contributed by atoms with E-state index in [1.165, 1.54) is 31.2 Å². The van der Waals surface area contributed by atoms with Crippen LogP contribution < -0.4 is 9.47 Å². The second kappa shape index (κ2) is 9.61. The smallest absolute Gasteiger partial charge is 0.338 e. The van der Waals surface area contributed by atoms with Crippen LogP contribution in [0.2, 0.25) is 0 Å². The summed E-state index contributed by atoms with van der Waals surface area (Å²) < 4.78 is 39.5. The molecule has 0 fully saturated rings. The van der Waals surface area contributed by atoms with E-state index >= 15 is 0 Å². The normalized spacial score (nSPS) is 10.5. The lowest BCUT2D eigenvalue weighted by Gasteiger charge is -2.12. The van der Waals surface area contributed by atoms with Gasteiger partial charge in [-0.1, -0.05) is 37.4 Å². The number of hydrogen-bond donors (Lipinski definition) is 0. The Morgan fingerprint density at radius 2 is 1.27 bits per heavy atom. The van der Waals surface area contributed by atoms with Gasteiger partial charge in [0.2, 0.25) is 0 Å². The molecular weight excluding hydrogens is 426 g/mol. The van der Waals surface area contributed by atoms with Crippen molar-refractivity contribution in [2.45, 2.75) is 20.8 Å². The van der Waals surface area contributed by atoms with Crippen molar-refractivity contribution in [2.75, 3.05) is 0 Å². The number of ether oxygens (including phenoxy) is 2. The van der Waals surface area contributed by atoms with E-state index in [1.807, 2.05) is 0 Å². The highest BCUT2D eigenvalue weighted by atomic mass is 19.1. The molecule has 3 rings (SSSR count). The molecule has 0 N–H and O–H groups in total. The Kier molecular flexibility index (Phi) is 6.87. The van der Waals surface area contributed by atoms with Crippen LogP contribution in [0.25, 0.3) is 22.3 Å². The summed E-state index contributed by atoms with van der Waals surface area (Å²) in [4.78, 5) is 23.3. The molecule has 0 bridgehead atoms. The second-order valence-corrected chi connectivity index (χ2v) is 7.66. The summed E-state index contributed by atoms with van der Waals surface area (Å²) in [6.07, 6.45) is 0. The van der Waals surface area contributed by atoms with Gasteiger partial charge in [-0.25, -0.2) is 18.4 Å². The zero-order valence-electron chi connectivity index (χ0n) is 18.5. The van der Waals surface area contributed by atoms with Gasteiger partial charge in [0.25, 0.3) is 0 Å². The lowest BCUT2D eigenvalue weighted by molar-refractivity contribution is -0.131. The molecule has 0 aliphatic rings. The van der Waals surface area contributed by atoms with Crippen molar-refractivity contribution in [1.29, 1.82) is 0 Å². The summed E-state index contributed by atoms with van der Waals surface area (Å²) in [7, 11) is 0. The summed E-state index contributed by atoms with van der Waals surface area (Å²) in [6.45, 7) is 11.8. The number of hydrogen-bond acceptors (Lipinski definition) is 4. The minimum atomic E-state index is -0.748. The van der Waals surface area contributed by atoms with Crippen molar-refractivity contribution in [3.05, 3.63) is 96.1 Å². The SMILES string of the molecule is C=C(C)C(=O)Oc1ccc(-c2ccc(-c3ccc(OC(=O)C(=C)C)c(F)c3)cc2F)c(C)c1. The zero-order valence-corrected chi connectivity index (χ0v) is 18.5. The first-order valence-corrected chi connectivity index (χ1v) is 10.0. The van der Waals surface area contributed by atoms with Crippen LogP contribution in [-0.2, 0) is 9.59 Å². The van der Waals surface area contributed by atoms with Gasteiger partial charge in [-0.15, -0.1) is 0 Å². The molecule has 3 aromatic rings. The summed E-state index contributed by atoms with van der Waals surface area (Å²) >= 11 is 0. The molecule has 6 heteroatoms. The minimum Gasteiger partial charge on any atom is -0.423 e. The van der Waals surface area contributed by atoms with Crippen LogP contribution in [0.15, 0.2) is 78.9 Å². The number of esters is 2. The molecular formula is C27H22F2O4. The number of carbonyl (C=O) groups excluding carboxylic acids is 2. The Morgan fingerprint density at radius 3 is 1.82 bits per heavy atom. The first-order valence-electron chi connectivity index (χ1n) is 10.0. The average molecular weight is 448 g/mol. The fourth-order valence-electron chi connectivity index (χ4n) is 3.06. The lowest BCUT2D eigenvalue weighted by Crippen LogP contribution is -2.09. The number of benzene rings is 3. The van der Waals surface area contributed by atoms with E-state index in [0.29, 0.717) is 33.6 Å². The fraction of sp³-hybridized carbons (Fsp3) is 0.111. The van der Waals surface area contributed by atoms with E-state index in [-0.39, 0.29) is 16.9 Å². The zero-order chi connectivity index (χ0) is 24.3. The molecule has 33 heavy (non-hydrogen) atoms. The molecule has 168 valence electrons. The van der Waals surface area contributed by atoms with Crippen molar-refractivity contribution in [3.8, 4) is 33.8 Å². The first kappa shape index (κ1) is 23.6. The highest BCUT2D eigenvalue weighted by molar-refractivity contribution is 5.89. The van der Waals surface area contributed by atoms with Gasteiger partial charge in [0.15, 0.2) is 11.6 Å². The van der Waals surface area contributed by atoms with Gasteiger partial charge in [0, 0.05) is 16.7 Å². The van der Waals surface area contributed by atoms with Crippen LogP contribution in [0.3, 0.4) is 0 Å². The largest absolute Gasteiger partial charge is 0.423 e. The average Bonchev–Trinajstić information content (AvgIpc) is 2.75. The maximum absolute atomic E-state index is 15.0. The molecule has 0 spiro atoms. The van der Waals surface area contributed by atoms with Gasteiger partial charge in [-0.05, 0) is 73.4 Å². The van der Waals surface area contributed by atoms with Crippen LogP contribution in [0.5, 0.6) is 11.5 Å². The molecule has 0 aliphatic carbocycles. The third kappa shape index (κ3) is 5.41. The van der Waals surface area contributed by atoms with E-state index in [2.05, 4.69) is 13.2 Å². The maximum Gasteiger partial charge on any atom is 0.338 e. The van der Waals surface area contributed by atoms with Gasteiger partial charge in [0.1, 0.15) is 11.6 Å². The van der Waals surface area contributed by atoms with Gasteiger partial charge < -0.3 is 9.47 Å². The molecule has 0 saturated carbocycles. The predicted octanol–water partition coefficient (Wildman–Crippen LogP) is 6.57. The molecule has 0 aromatic heterocycles. The molecule has 0 amide bonds. The third-order valence-corrected chi connectivity index (χ3v) is 4.83. The van der Waals surface area contributed by atoms with E-state index in [4.69, 9.17) is 9.47 Å². The van der Waals surface area contributed by atoms with Crippen LogP contribution in [0.1, 0.15) is 19.4 Å². The van der Waals surface area contributed by atoms with Gasteiger partial charge >= 0.3 is 11.9 Å². The third-order valence-electron chi connectivity index (χ3n) is 4.83. The molecule has 0 unspecified atom stereocenters. The number of halogens is 2. The Labute approximate surface area is 190 Å². The topological polar surface area (TPSA) is 52.6 Å². The molecule has 0 heterocycles. The second-order valence-electron chi connectivity index (χ2n) is 7.66. The standard InChI is InChI=1S/C27H22F2O4/c1-15(2)26(30)32-20-8-10-21(17(5)12-20)22-9-6-18(13-23(22)28)19-7-11-25(24(29)14-19)33-27(31)16(3)4/h6-14H,1,3H2,2,4-5H3. The minimum absolute atomic E-state index is 0.147. The summed E-state index contributed by atoms with van der Waals surface area (Å²) in [5.41, 5.74) is 2.99. The van der Waals surface area contributed by atoms with E-state index < -0.39 is 23.6 Å². The Balaban J connectivity index is 1.87. The van der Waals surface area contributed by atoms with Crippen molar-refractivity contribution < 1.29 is 27.8 Å². The van der Waals surface area contributed by atoms with Crippen LogP contribution >= 0.6 is 0 Å². The maximum atomic E-state index is 15.0. The van der Waals surface area contributed by atoms with Gasteiger partial charge in [-0.2, -0.15) is 0 Å². The van der Waals surface area contributed by atoms with Crippen LogP contribution in [-0.4, -0.2) is 11.9 Å². The molecule has 0 atom stereocenters. The lowest BCUT2D eigenvalue weighted by atomic mass is 9.96. The summed E-state index contributed by atoms with van der Waals surface area (Å²) in [5.74, 6) is -2.41. The Morgan fingerprint density at radius 1 is 0.727 bits per heavy atom. The van der Waals surface area contributed by atoms with Crippen molar-refractivity contribution >= 4 is 11.9 Å². The molecule has 0 aliphatic heterocycles. The van der Waals surface area contributed by atoms with Crippen LogP contribution in [0, 0.1) is 18.6 Å². The molecule has 3 aromatic carbocycles. The highest BCUT2D eigenvalue weighted by Crippen LogP contribution is 2.33. The van der Waals surface area contributed by atoms with Crippen molar-refractivity contribution in [3.63, 3.8) is 0 Å². The monoisotopic (exact) mass is 448 g/mol. The summed E-state index contributed by atoms with van der Waals surface area (Å²) in [5, 5.41) is 0. The predicted molar refractivity (Wildman–Crippen MR) is 123 cm³/mol. The molecule has 0 saturated heterocycles. The molecule has 0 radical (unpaired) electrons. The van der Waals surface area contributed by atoms with E-state index in [9.17, 15) is 18.4 Å². The number of rotatable bonds is 6. The Bertz CT molecular complexity index is 1290. The first-order chi connectivity index (χ1) is 15.6. The number of aryl methyl sites for hydroxylation is 1. The van der Waals surface area contributed by atoms with Gasteiger partial charge in [0.05, 0.1) is 0 Å². The van der Waals surface area contributed by atoms with Crippen molar-refractivity contribution in [1.82, 2.24) is 0 Å². The van der Waals surface area contributed by atoms with Crippen molar-refractivity contribution in [2.24, 2.45) is 0 Å². The highest BCUT2D eigenvalue weighted by Gasteiger charge is 2.14. The Hall–Kier alpha value is -4.06. The quantitative estimate of drug-likeness (QED) is 0.243. The fourth-order valence-corrected chi connectivity index (χ4v) is 3.06. The summed E-state index contributed by atoms with van der Waals surface area (Å²) in [6, 6.07) is 13.5. The van der Waals surface area contributed by atoms with E-state index in [1.54, 1.807) is 44.2 Å². The van der Waals surface area contributed by atoms with Crippen LogP contribution in [0.4, 0.5) is 8.78 Å². The molecule has 4 nitrogen and oxygen atoms in total. The number of carbonyl (C=O) groups is 2. The van der Waals surface area contributed by atoms with E-state index in [0.717, 1.165) is 0 Å². The van der Waals surface area contributed by atoms with Gasteiger partial charge in [-0.3, -0.25) is 0 Å².